The van der Waals surface area contributed by atoms with Gasteiger partial charge < -0.3 is 18.9 Å². The number of hydrogen-bond donors (Lipinski definition) is 1. The molecule has 1 aliphatic heterocycles. The molecule has 0 aromatic heterocycles. The molecular weight excluding hydrogens is 288 g/mol. The number of benzene rings is 1. The van der Waals surface area contributed by atoms with Crippen LogP contribution >= 0.6 is 0 Å². The molecule has 0 radical (unpaired) electrons. The molecule has 1 aromatic carbocycles. The van der Waals surface area contributed by atoms with Gasteiger partial charge in [-0.25, -0.2) is 5.43 Å². The van der Waals surface area contributed by atoms with Gasteiger partial charge in [0.05, 0.1) is 40.1 Å². The van der Waals surface area contributed by atoms with E-state index in [9.17, 15) is 4.79 Å². The van der Waals surface area contributed by atoms with E-state index in [4.69, 9.17) is 18.9 Å². The van der Waals surface area contributed by atoms with Gasteiger partial charge in [-0.2, -0.15) is 5.10 Å². The predicted octanol–water partition coefficient (Wildman–Crippen LogP) is 1.31. The summed E-state index contributed by atoms with van der Waals surface area (Å²) in [7, 11) is 3.10. The number of nitrogens with one attached hydrogen (secondary N) is 1. The van der Waals surface area contributed by atoms with Crippen LogP contribution in [0.1, 0.15) is 18.9 Å². The molecule has 0 atom stereocenters. The number of methoxy groups -OCH3 is 2. The number of hydrazone groups is 1. The third-order valence-corrected chi connectivity index (χ3v) is 3.21. The van der Waals surface area contributed by atoms with Gasteiger partial charge >= 0.3 is 0 Å². The molecule has 0 bridgehead atoms. The normalized spacial score (nSPS) is 16.7. The van der Waals surface area contributed by atoms with E-state index >= 15 is 0 Å². The van der Waals surface area contributed by atoms with Gasteiger partial charge in [0, 0.05) is 5.56 Å². The fraction of sp³-hybridized carbons (Fsp3) is 0.467. The summed E-state index contributed by atoms with van der Waals surface area (Å²) in [5.41, 5.74) is 3.14. The fourth-order valence-electron chi connectivity index (χ4n) is 2.18. The Balaban J connectivity index is 1.96. The number of carbonyl (C=O) groups is 1. The Labute approximate surface area is 129 Å². The third-order valence-electron chi connectivity index (χ3n) is 3.21. The summed E-state index contributed by atoms with van der Waals surface area (Å²) in [4.78, 5) is 11.8. The summed E-state index contributed by atoms with van der Waals surface area (Å²) in [6.07, 6.45) is 1.58. The molecule has 7 heteroatoms. The van der Waals surface area contributed by atoms with E-state index in [-0.39, 0.29) is 12.3 Å². The van der Waals surface area contributed by atoms with E-state index in [0.29, 0.717) is 30.3 Å². The van der Waals surface area contributed by atoms with Gasteiger partial charge in [-0.1, -0.05) is 6.07 Å². The molecule has 0 spiro atoms. The molecule has 0 unspecified atom stereocenters. The van der Waals surface area contributed by atoms with Crippen molar-refractivity contribution in [3.05, 3.63) is 23.8 Å². The summed E-state index contributed by atoms with van der Waals surface area (Å²) in [5, 5.41) is 3.93. The number of hydrogen-bond acceptors (Lipinski definition) is 6. The van der Waals surface area contributed by atoms with Crippen LogP contribution in [0.2, 0.25) is 0 Å². The van der Waals surface area contributed by atoms with Crippen LogP contribution in [0.4, 0.5) is 0 Å². The van der Waals surface area contributed by atoms with E-state index in [1.165, 1.54) is 6.21 Å². The molecule has 1 aliphatic rings. The van der Waals surface area contributed by atoms with Crippen LogP contribution in [-0.4, -0.2) is 45.3 Å². The Bertz CT molecular complexity index is 553. The Morgan fingerprint density at radius 2 is 2.09 bits per heavy atom. The minimum atomic E-state index is -0.868. The average Bonchev–Trinajstić information content (AvgIpc) is 2.92. The van der Waals surface area contributed by atoms with Crippen LogP contribution in [0.15, 0.2) is 23.3 Å². The molecule has 0 saturated carbocycles. The molecule has 0 aliphatic carbocycles. The minimum absolute atomic E-state index is 0.0829. The highest BCUT2D eigenvalue weighted by molar-refractivity contribution is 5.86. The minimum Gasteiger partial charge on any atom is -0.493 e. The van der Waals surface area contributed by atoms with Crippen LogP contribution < -0.4 is 14.9 Å². The number of para-hydroxylation sites is 1. The topological polar surface area (TPSA) is 78.4 Å². The second-order valence-corrected chi connectivity index (χ2v) is 4.88. The van der Waals surface area contributed by atoms with Crippen LogP contribution in [0.25, 0.3) is 0 Å². The quantitative estimate of drug-likeness (QED) is 0.633. The summed E-state index contributed by atoms with van der Waals surface area (Å²) < 4.78 is 21.2. The molecule has 1 amide bonds. The van der Waals surface area contributed by atoms with E-state index in [2.05, 4.69) is 10.5 Å². The smallest absolute Gasteiger partial charge is 0.245 e. The SMILES string of the molecule is COc1cccc(C=NNC(=O)CC2(C)OCCO2)c1OC. The predicted molar refractivity (Wildman–Crippen MR) is 80.2 cm³/mol. The molecule has 1 N–H and O–H groups in total. The molecular formula is C15H20N2O5. The molecule has 22 heavy (non-hydrogen) atoms. The van der Waals surface area contributed by atoms with Gasteiger partial charge in [-0.15, -0.1) is 0 Å². The van der Waals surface area contributed by atoms with Crippen molar-refractivity contribution in [3.63, 3.8) is 0 Å². The lowest BCUT2D eigenvalue weighted by atomic mass is 10.2. The first-order valence-electron chi connectivity index (χ1n) is 6.89. The standard InChI is InChI=1S/C15H20N2O5/c1-15(21-7-8-22-15)9-13(18)17-16-10-11-5-4-6-12(19-2)14(11)20-3/h4-6,10H,7-9H2,1-3H3,(H,17,18). The Morgan fingerprint density at radius 3 is 2.73 bits per heavy atom. The molecule has 120 valence electrons. The summed E-state index contributed by atoms with van der Waals surface area (Å²) >= 11 is 0. The van der Waals surface area contributed by atoms with E-state index < -0.39 is 5.79 Å². The lowest BCUT2D eigenvalue weighted by Crippen LogP contribution is -2.33. The monoisotopic (exact) mass is 308 g/mol. The maximum atomic E-state index is 11.8. The first-order chi connectivity index (χ1) is 10.6. The van der Waals surface area contributed by atoms with Crippen LogP contribution in [-0.2, 0) is 14.3 Å². The number of rotatable bonds is 6. The van der Waals surface area contributed by atoms with Crippen LogP contribution in [0.3, 0.4) is 0 Å². The van der Waals surface area contributed by atoms with Gasteiger partial charge in [0.15, 0.2) is 17.3 Å². The van der Waals surface area contributed by atoms with Crippen molar-refractivity contribution in [2.75, 3.05) is 27.4 Å². The van der Waals surface area contributed by atoms with Crippen molar-refractivity contribution in [3.8, 4) is 11.5 Å². The summed E-state index contributed by atoms with van der Waals surface area (Å²) in [6, 6.07) is 5.40. The van der Waals surface area contributed by atoms with Crippen molar-refractivity contribution >= 4 is 12.1 Å². The zero-order chi connectivity index (χ0) is 16.0. The molecule has 1 fully saturated rings. The van der Waals surface area contributed by atoms with Gasteiger partial charge in [0.1, 0.15) is 0 Å². The first kappa shape index (κ1) is 16.3. The first-order valence-corrected chi connectivity index (χ1v) is 6.89. The zero-order valence-electron chi connectivity index (χ0n) is 12.9. The maximum Gasteiger partial charge on any atom is 0.245 e. The van der Waals surface area contributed by atoms with Crippen molar-refractivity contribution in [2.45, 2.75) is 19.1 Å². The Morgan fingerprint density at radius 1 is 1.36 bits per heavy atom. The average molecular weight is 308 g/mol. The lowest BCUT2D eigenvalue weighted by molar-refractivity contribution is -0.159. The molecule has 1 saturated heterocycles. The maximum absolute atomic E-state index is 11.8. The number of carbonyl (C=O) groups excluding carboxylic acids is 1. The highest BCUT2D eigenvalue weighted by Crippen LogP contribution is 2.29. The second kappa shape index (κ2) is 7.24. The molecule has 7 nitrogen and oxygen atoms in total. The van der Waals surface area contributed by atoms with Gasteiger partial charge in [-0.3, -0.25) is 4.79 Å². The van der Waals surface area contributed by atoms with Gasteiger partial charge in [0.25, 0.3) is 0 Å². The van der Waals surface area contributed by atoms with Crippen molar-refractivity contribution < 1.29 is 23.7 Å². The van der Waals surface area contributed by atoms with Gasteiger partial charge in [-0.05, 0) is 19.1 Å². The van der Waals surface area contributed by atoms with E-state index in [1.807, 2.05) is 12.1 Å². The lowest BCUT2D eigenvalue weighted by Gasteiger charge is -2.20. The molecule has 1 aromatic rings. The number of ether oxygens (including phenoxy) is 4. The van der Waals surface area contributed by atoms with E-state index in [1.54, 1.807) is 27.2 Å². The Hall–Kier alpha value is -2.12. The molecule has 1 heterocycles. The van der Waals surface area contributed by atoms with Crippen LogP contribution in [0, 0.1) is 0 Å². The highest BCUT2D eigenvalue weighted by atomic mass is 16.7. The number of amides is 1. The summed E-state index contributed by atoms with van der Waals surface area (Å²) in [6.45, 7) is 2.72. The van der Waals surface area contributed by atoms with Crippen molar-refractivity contribution in [2.24, 2.45) is 5.10 Å². The Kier molecular flexibility index (Phi) is 5.35. The van der Waals surface area contributed by atoms with Crippen molar-refractivity contribution in [1.29, 1.82) is 0 Å². The third kappa shape index (κ3) is 3.96. The van der Waals surface area contributed by atoms with Gasteiger partial charge in [0.2, 0.25) is 5.91 Å². The zero-order valence-corrected chi connectivity index (χ0v) is 12.9. The number of nitrogens with zero attached hydrogens (tertiary/aromatic N) is 1. The molecule has 2 rings (SSSR count). The largest absolute Gasteiger partial charge is 0.493 e. The highest BCUT2D eigenvalue weighted by Gasteiger charge is 2.33. The van der Waals surface area contributed by atoms with Crippen molar-refractivity contribution in [1.82, 2.24) is 5.43 Å². The van der Waals surface area contributed by atoms with Crippen LogP contribution in [0.5, 0.6) is 11.5 Å². The second-order valence-electron chi connectivity index (χ2n) is 4.88. The summed E-state index contributed by atoms with van der Waals surface area (Å²) in [5.74, 6) is -0.00856. The fourth-order valence-corrected chi connectivity index (χ4v) is 2.18. The van der Waals surface area contributed by atoms with E-state index in [0.717, 1.165) is 0 Å².